The van der Waals surface area contributed by atoms with Gasteiger partial charge in [0.2, 0.25) is 11.8 Å². The van der Waals surface area contributed by atoms with E-state index >= 15 is 0 Å². The topological polar surface area (TPSA) is 129 Å². The normalized spacial score (nSPS) is 39.4. The van der Waals surface area contributed by atoms with Gasteiger partial charge in [0, 0.05) is 30.6 Å². The molecule has 1 aromatic carbocycles. The number of hydrogen-bond donors (Lipinski definition) is 4. The van der Waals surface area contributed by atoms with Crippen molar-refractivity contribution in [1.82, 2.24) is 10.2 Å². The molecule has 7 aliphatic carbocycles. The van der Waals surface area contributed by atoms with Crippen LogP contribution in [0.25, 0.3) is 0 Å². The Labute approximate surface area is 271 Å². The van der Waals surface area contributed by atoms with Crippen LogP contribution in [0, 0.1) is 40.9 Å². The average Bonchev–Trinajstić information content (AvgIpc) is 3.77. The first-order chi connectivity index (χ1) is 22.3. The first-order valence-electron chi connectivity index (χ1n) is 17.8. The minimum absolute atomic E-state index is 0.0571. The van der Waals surface area contributed by atoms with Crippen LogP contribution in [0.2, 0.25) is 0 Å². The van der Waals surface area contributed by atoms with Crippen LogP contribution in [0.4, 0.5) is 0 Å². The first-order valence-corrected chi connectivity index (χ1v) is 17.8. The Morgan fingerprint density at radius 1 is 1.02 bits per heavy atom. The first kappa shape index (κ1) is 30.7. The summed E-state index contributed by atoms with van der Waals surface area (Å²) in [5.41, 5.74) is 1.78. The van der Waals surface area contributed by atoms with Gasteiger partial charge in [0.1, 0.15) is 12.2 Å². The molecule has 6 bridgehead atoms. The molecule has 9 rings (SSSR count). The number of carbonyl (C=O) groups excluding carboxylic acids is 2. The third-order valence-corrected chi connectivity index (χ3v) is 13.2. The van der Waals surface area contributed by atoms with Crippen LogP contribution in [0.5, 0.6) is 11.5 Å². The maximum Gasteiger partial charge on any atom is 0.247 e. The lowest BCUT2D eigenvalue weighted by molar-refractivity contribution is -0.146. The molecule has 6 saturated carbocycles. The van der Waals surface area contributed by atoms with E-state index in [4.69, 9.17) is 9.47 Å². The molecule has 2 amide bonds. The van der Waals surface area contributed by atoms with Crippen LogP contribution in [-0.2, 0) is 16.2 Å². The van der Waals surface area contributed by atoms with E-state index in [1.54, 1.807) is 6.07 Å². The summed E-state index contributed by atoms with van der Waals surface area (Å²) in [5, 5.41) is 34.6. The number of ether oxygens (including phenoxy) is 2. The van der Waals surface area contributed by atoms with Gasteiger partial charge in [0.15, 0.2) is 11.5 Å². The smallest absolute Gasteiger partial charge is 0.247 e. The van der Waals surface area contributed by atoms with Crippen LogP contribution < -0.4 is 14.8 Å². The van der Waals surface area contributed by atoms with Gasteiger partial charge in [0.25, 0.3) is 0 Å². The van der Waals surface area contributed by atoms with Crippen molar-refractivity contribution in [3.05, 3.63) is 34.9 Å². The van der Waals surface area contributed by atoms with Crippen molar-refractivity contribution in [1.29, 1.82) is 0 Å². The van der Waals surface area contributed by atoms with Crippen LogP contribution in [0.1, 0.15) is 87.7 Å². The molecular formula is C37H50N2O7. The van der Waals surface area contributed by atoms with Crippen molar-refractivity contribution in [3.63, 3.8) is 0 Å². The van der Waals surface area contributed by atoms with Crippen LogP contribution in [0.3, 0.4) is 0 Å². The molecule has 6 fully saturated rings. The summed E-state index contributed by atoms with van der Waals surface area (Å²) in [7, 11) is 1.54. The van der Waals surface area contributed by atoms with Gasteiger partial charge in [0.05, 0.1) is 32.3 Å². The van der Waals surface area contributed by atoms with E-state index in [2.05, 4.69) is 5.32 Å². The highest BCUT2D eigenvalue weighted by atomic mass is 16.5. The van der Waals surface area contributed by atoms with Crippen LogP contribution in [-0.4, -0.2) is 77.1 Å². The highest BCUT2D eigenvalue weighted by Crippen LogP contribution is 2.61. The molecule has 0 saturated heterocycles. The van der Waals surface area contributed by atoms with E-state index in [1.807, 2.05) is 17.0 Å². The predicted octanol–water partition coefficient (Wildman–Crippen LogP) is 3.68. The van der Waals surface area contributed by atoms with Gasteiger partial charge < -0.3 is 35.0 Å². The number of aliphatic hydroxyl groups excluding tert-OH is 3. The molecular weight excluding hydrogens is 584 g/mol. The lowest BCUT2D eigenvalue weighted by atomic mass is 9.49. The number of methoxy groups -OCH3 is 1. The van der Waals surface area contributed by atoms with E-state index in [0.717, 1.165) is 49.4 Å². The van der Waals surface area contributed by atoms with Gasteiger partial charge in [-0.1, -0.05) is 6.42 Å². The summed E-state index contributed by atoms with van der Waals surface area (Å²) in [6.45, 7) is 0.296. The third-order valence-electron chi connectivity index (χ3n) is 13.2. The lowest BCUT2D eigenvalue weighted by Gasteiger charge is -2.58. The minimum Gasteiger partial charge on any atom is -0.493 e. The molecule has 1 heterocycles. The summed E-state index contributed by atoms with van der Waals surface area (Å²) in [5.74, 6) is 3.97. The highest BCUT2D eigenvalue weighted by molar-refractivity contribution is 5.96. The largest absolute Gasteiger partial charge is 0.493 e. The number of benzene rings is 1. The van der Waals surface area contributed by atoms with Crippen molar-refractivity contribution in [3.8, 4) is 11.5 Å². The fourth-order valence-corrected chi connectivity index (χ4v) is 11.8. The fraction of sp³-hybridized carbons (Fsp3) is 0.730. The molecule has 1 aliphatic heterocycles. The Balaban J connectivity index is 1.18. The molecule has 9 heteroatoms. The molecule has 0 radical (unpaired) electrons. The zero-order valence-corrected chi connectivity index (χ0v) is 27.0. The molecule has 7 atom stereocenters. The summed E-state index contributed by atoms with van der Waals surface area (Å²) < 4.78 is 12.1. The maximum atomic E-state index is 14.7. The average molecular weight is 635 g/mol. The monoisotopic (exact) mass is 634 g/mol. The molecule has 4 N–H and O–H groups in total. The van der Waals surface area contributed by atoms with E-state index in [9.17, 15) is 24.9 Å². The molecule has 9 nitrogen and oxygen atoms in total. The number of nitrogens with zero attached hydrogens (tertiary/aromatic N) is 1. The van der Waals surface area contributed by atoms with Gasteiger partial charge in [-0.3, -0.25) is 9.59 Å². The molecule has 8 aliphatic rings. The second-order valence-corrected chi connectivity index (χ2v) is 16.1. The molecule has 0 spiro atoms. The number of carbonyl (C=O) groups is 2. The van der Waals surface area contributed by atoms with E-state index in [0.29, 0.717) is 53.0 Å². The molecule has 46 heavy (non-hydrogen) atoms. The zero-order valence-electron chi connectivity index (χ0n) is 27.0. The van der Waals surface area contributed by atoms with Gasteiger partial charge in [-0.15, -0.1) is 0 Å². The zero-order chi connectivity index (χ0) is 31.7. The Morgan fingerprint density at radius 2 is 1.76 bits per heavy atom. The van der Waals surface area contributed by atoms with Crippen molar-refractivity contribution >= 4 is 11.8 Å². The Morgan fingerprint density at radius 3 is 2.37 bits per heavy atom. The number of rotatable bonds is 10. The van der Waals surface area contributed by atoms with Crippen LogP contribution in [0.15, 0.2) is 23.8 Å². The highest BCUT2D eigenvalue weighted by Gasteiger charge is 2.56. The fourth-order valence-electron chi connectivity index (χ4n) is 11.8. The van der Waals surface area contributed by atoms with E-state index < -0.39 is 24.2 Å². The Bertz CT molecular complexity index is 1370. The molecule has 0 aromatic heterocycles. The minimum atomic E-state index is -1.06. The number of hydrogen-bond acceptors (Lipinski definition) is 7. The standard InChI is InChI=1S/C37H50N2O7/c1-45-30-12-24(18-41)11-27-32-28(36(44)38-4-5-40)14-29(33(43)35(32)46-34(27)30)39(31(42)13-26-10-20-2-3-25(26)9-20)19-37-15-21-6-22(16-37)8-23(7-21)17-37/h11-12,14,20-23,25-26,29,32-33,35,40-41,43H,2-10,13,15-19H2,1H3,(H,38,44). The SMILES string of the molecule is COc1cc(CO)cc2c1OC1C2C(C(=O)NCCO)=CC(N(CC23CC4CC(CC(C4)C2)C3)C(=O)CC2CC3CCC2C3)C1O. The van der Waals surface area contributed by atoms with Gasteiger partial charge in [-0.2, -0.15) is 0 Å². The Hall–Kier alpha value is -2.62. The quantitative estimate of drug-likeness (QED) is 0.309. The number of aliphatic hydroxyl groups is 3. The van der Waals surface area contributed by atoms with E-state index in [-0.39, 0.29) is 37.0 Å². The maximum absolute atomic E-state index is 14.7. The van der Waals surface area contributed by atoms with Crippen molar-refractivity contribution in [2.45, 2.75) is 101 Å². The molecule has 1 aromatic rings. The van der Waals surface area contributed by atoms with Crippen molar-refractivity contribution in [2.24, 2.45) is 40.9 Å². The number of amides is 2. The van der Waals surface area contributed by atoms with Crippen LogP contribution >= 0.6 is 0 Å². The number of fused-ring (bicyclic) bond motifs is 5. The van der Waals surface area contributed by atoms with Gasteiger partial charge in [-0.25, -0.2) is 0 Å². The van der Waals surface area contributed by atoms with E-state index in [1.165, 1.54) is 45.6 Å². The van der Waals surface area contributed by atoms with Crippen molar-refractivity contribution in [2.75, 3.05) is 26.8 Å². The number of nitrogens with one attached hydrogen (secondary N) is 1. The second-order valence-electron chi connectivity index (χ2n) is 16.1. The summed E-state index contributed by atoms with van der Waals surface area (Å²) in [6, 6.07) is 2.82. The Kier molecular flexibility index (Phi) is 7.88. The summed E-state index contributed by atoms with van der Waals surface area (Å²) in [4.78, 5) is 30.5. The van der Waals surface area contributed by atoms with Crippen molar-refractivity contribution < 1.29 is 34.4 Å². The predicted molar refractivity (Wildman–Crippen MR) is 170 cm³/mol. The molecule has 7 unspecified atom stereocenters. The molecule has 250 valence electrons. The van der Waals surface area contributed by atoms with Gasteiger partial charge in [-0.05, 0) is 122 Å². The summed E-state index contributed by atoms with van der Waals surface area (Å²) in [6.07, 6.45) is 12.7. The second kappa shape index (κ2) is 11.8. The van der Waals surface area contributed by atoms with Gasteiger partial charge >= 0.3 is 0 Å². The third kappa shape index (κ3) is 5.16. The summed E-state index contributed by atoms with van der Waals surface area (Å²) >= 11 is 0. The lowest BCUT2D eigenvalue weighted by Crippen LogP contribution is -2.60.